The Hall–Kier alpha value is -2.35. The van der Waals surface area contributed by atoms with Crippen molar-refractivity contribution in [2.24, 2.45) is 0 Å². The quantitative estimate of drug-likeness (QED) is 0.721. The van der Waals surface area contributed by atoms with Gasteiger partial charge in [-0.3, -0.25) is 0 Å². The second kappa shape index (κ2) is 7.48. The van der Waals surface area contributed by atoms with Gasteiger partial charge < -0.3 is 19.7 Å². The summed E-state index contributed by atoms with van der Waals surface area (Å²) in [5.41, 5.74) is -0.0602. The van der Waals surface area contributed by atoms with Crippen LogP contribution >= 0.6 is 15.9 Å². The topological polar surface area (TPSA) is 76.6 Å². The molecule has 2 aliphatic rings. The minimum absolute atomic E-state index is 0.258. The van der Waals surface area contributed by atoms with Gasteiger partial charge in [-0.15, -0.1) is 0 Å². The number of fused-ring (bicyclic) bond motifs is 1. The fraction of sp³-hybridized carbons (Fsp3) is 0.476. The highest BCUT2D eigenvalue weighted by Crippen LogP contribution is 2.48. The number of amides is 1. The van der Waals surface area contributed by atoms with Crippen molar-refractivity contribution < 1.29 is 14.3 Å². The van der Waals surface area contributed by atoms with E-state index in [1.807, 2.05) is 45.0 Å². The maximum Gasteiger partial charge on any atom is 0.408 e. The smallest absolute Gasteiger partial charge is 0.408 e. The molecule has 4 rings (SSSR count). The Morgan fingerprint density at radius 2 is 1.97 bits per heavy atom. The first kappa shape index (κ1) is 19.9. The second-order valence-electron chi connectivity index (χ2n) is 8.47. The molecule has 1 spiro atoms. The minimum atomic E-state index is -0.556. The summed E-state index contributed by atoms with van der Waals surface area (Å²) in [6.07, 6.45) is 4.54. The number of rotatable bonds is 2. The van der Waals surface area contributed by atoms with Gasteiger partial charge in [-0.05, 0) is 42.8 Å². The Kier molecular flexibility index (Phi) is 5.14. The van der Waals surface area contributed by atoms with Crippen LogP contribution in [0.15, 0.2) is 41.3 Å². The van der Waals surface area contributed by atoms with Gasteiger partial charge in [0.25, 0.3) is 0 Å². The lowest BCUT2D eigenvalue weighted by Gasteiger charge is -2.42. The zero-order valence-corrected chi connectivity index (χ0v) is 18.4. The molecule has 1 atom stereocenters. The molecule has 0 saturated carbocycles. The summed E-state index contributed by atoms with van der Waals surface area (Å²) in [4.78, 5) is 23.5. The molecule has 2 aromatic rings. The molecule has 1 fully saturated rings. The van der Waals surface area contributed by atoms with E-state index in [0.717, 1.165) is 43.1 Å². The van der Waals surface area contributed by atoms with Crippen molar-refractivity contribution in [3.63, 3.8) is 0 Å². The van der Waals surface area contributed by atoms with Crippen molar-refractivity contribution >= 4 is 27.8 Å². The minimum Gasteiger partial charge on any atom is -0.484 e. The van der Waals surface area contributed by atoms with Crippen LogP contribution in [-0.4, -0.2) is 40.4 Å². The molecular weight excluding hydrogens is 436 g/mol. The number of halogens is 1. The molecule has 1 N–H and O–H groups in total. The highest BCUT2D eigenvalue weighted by molar-refractivity contribution is 9.10. The molecular formula is C21H25BrN4O3. The summed E-state index contributed by atoms with van der Waals surface area (Å²) in [5, 5.41) is 3.08. The third-order valence-electron chi connectivity index (χ3n) is 5.27. The Bertz CT molecular complexity index is 890. The third kappa shape index (κ3) is 4.17. The molecule has 7 nitrogen and oxygen atoms in total. The molecule has 154 valence electrons. The molecule has 1 aromatic carbocycles. The van der Waals surface area contributed by atoms with E-state index in [2.05, 4.69) is 36.1 Å². The largest absolute Gasteiger partial charge is 0.484 e. The van der Waals surface area contributed by atoms with Gasteiger partial charge in [0, 0.05) is 31.5 Å². The fourth-order valence-corrected chi connectivity index (χ4v) is 4.19. The van der Waals surface area contributed by atoms with Gasteiger partial charge >= 0.3 is 6.09 Å². The number of carbonyl (C=O) groups excluding carboxylic acids is 1. The maximum atomic E-state index is 12.5. The predicted molar refractivity (Wildman–Crippen MR) is 113 cm³/mol. The van der Waals surface area contributed by atoms with Gasteiger partial charge in [0.1, 0.15) is 33.4 Å². The molecule has 0 radical (unpaired) electrons. The lowest BCUT2D eigenvalue weighted by molar-refractivity contribution is 0.0149. The van der Waals surface area contributed by atoms with Crippen LogP contribution in [0.3, 0.4) is 0 Å². The lowest BCUT2D eigenvalue weighted by atomic mass is 9.82. The van der Waals surface area contributed by atoms with Crippen LogP contribution in [0.4, 0.5) is 10.6 Å². The SMILES string of the molecule is CC(C)(C)OC(=O)N[C@@H]1c2ccccc2OC12CCN(c1cnc(Br)cn1)CC2. The van der Waals surface area contributed by atoms with E-state index in [9.17, 15) is 4.79 Å². The summed E-state index contributed by atoms with van der Waals surface area (Å²) in [7, 11) is 0. The molecule has 1 saturated heterocycles. The average molecular weight is 461 g/mol. The number of hydrogen-bond donors (Lipinski definition) is 1. The first-order valence-corrected chi connectivity index (χ1v) is 10.6. The summed E-state index contributed by atoms with van der Waals surface area (Å²) in [5.74, 6) is 1.67. The van der Waals surface area contributed by atoms with Crippen LogP contribution < -0.4 is 15.0 Å². The lowest BCUT2D eigenvalue weighted by Crippen LogP contribution is -2.54. The number of hydrogen-bond acceptors (Lipinski definition) is 6. The van der Waals surface area contributed by atoms with Crippen LogP contribution in [0.2, 0.25) is 0 Å². The highest BCUT2D eigenvalue weighted by atomic mass is 79.9. The van der Waals surface area contributed by atoms with Gasteiger partial charge in [-0.25, -0.2) is 14.8 Å². The normalized spacial score (nSPS) is 20.1. The van der Waals surface area contributed by atoms with Gasteiger partial charge in [0.2, 0.25) is 0 Å². The number of nitrogens with one attached hydrogen (secondary N) is 1. The number of carbonyl (C=O) groups is 1. The molecule has 0 unspecified atom stereocenters. The van der Waals surface area contributed by atoms with Crippen LogP contribution in [0.25, 0.3) is 0 Å². The highest BCUT2D eigenvalue weighted by Gasteiger charge is 2.51. The van der Waals surface area contributed by atoms with E-state index in [1.54, 1.807) is 12.4 Å². The Morgan fingerprint density at radius 1 is 1.24 bits per heavy atom. The van der Waals surface area contributed by atoms with E-state index in [4.69, 9.17) is 9.47 Å². The molecule has 1 amide bonds. The number of anilines is 1. The second-order valence-corrected chi connectivity index (χ2v) is 9.28. The molecule has 0 bridgehead atoms. The summed E-state index contributed by atoms with van der Waals surface area (Å²) in [6.45, 7) is 7.10. The summed E-state index contributed by atoms with van der Waals surface area (Å²) >= 11 is 3.32. The van der Waals surface area contributed by atoms with Crippen LogP contribution in [0.5, 0.6) is 5.75 Å². The Labute approximate surface area is 178 Å². The van der Waals surface area contributed by atoms with Crippen LogP contribution in [-0.2, 0) is 4.74 Å². The van der Waals surface area contributed by atoms with Crippen LogP contribution in [0.1, 0.15) is 45.2 Å². The van der Waals surface area contributed by atoms with Gasteiger partial charge in [-0.2, -0.15) is 0 Å². The molecule has 2 aliphatic heterocycles. The number of ether oxygens (including phenoxy) is 2. The van der Waals surface area contributed by atoms with Gasteiger partial charge in [0.15, 0.2) is 0 Å². The zero-order chi connectivity index (χ0) is 20.6. The average Bonchev–Trinajstić information content (AvgIpc) is 2.95. The van der Waals surface area contributed by atoms with E-state index < -0.39 is 17.3 Å². The number of para-hydroxylation sites is 1. The third-order valence-corrected chi connectivity index (χ3v) is 5.68. The van der Waals surface area contributed by atoms with Gasteiger partial charge in [-0.1, -0.05) is 18.2 Å². The number of piperidine rings is 1. The molecule has 3 heterocycles. The van der Waals surface area contributed by atoms with Crippen molar-refractivity contribution in [3.8, 4) is 5.75 Å². The summed E-state index contributed by atoms with van der Waals surface area (Å²) < 4.78 is 12.7. The number of aromatic nitrogens is 2. The first-order valence-electron chi connectivity index (χ1n) is 9.76. The maximum absolute atomic E-state index is 12.5. The van der Waals surface area contributed by atoms with E-state index >= 15 is 0 Å². The number of nitrogens with zero attached hydrogens (tertiary/aromatic N) is 3. The fourth-order valence-electron chi connectivity index (χ4n) is 3.98. The standard InChI is InChI=1S/C21H25BrN4O3/c1-20(2,3)29-19(27)25-18-14-6-4-5-7-15(14)28-21(18)8-10-26(11-9-21)17-13-23-16(22)12-24-17/h4-7,12-13,18H,8-11H2,1-3H3,(H,25,27)/t18-/m1/s1. The van der Waals surface area contributed by atoms with Crippen LogP contribution in [0, 0.1) is 0 Å². The van der Waals surface area contributed by atoms with Crippen molar-refractivity contribution in [1.82, 2.24) is 15.3 Å². The Balaban J connectivity index is 1.54. The molecule has 1 aromatic heterocycles. The van der Waals surface area contributed by atoms with Crippen molar-refractivity contribution in [2.45, 2.75) is 50.9 Å². The molecule has 8 heteroatoms. The molecule has 0 aliphatic carbocycles. The number of alkyl carbamates (subject to hydrolysis) is 1. The summed E-state index contributed by atoms with van der Waals surface area (Å²) in [6, 6.07) is 7.64. The predicted octanol–water partition coefficient (Wildman–Crippen LogP) is 4.24. The number of benzene rings is 1. The van der Waals surface area contributed by atoms with E-state index in [0.29, 0.717) is 4.60 Å². The van der Waals surface area contributed by atoms with Crippen molar-refractivity contribution in [2.75, 3.05) is 18.0 Å². The monoisotopic (exact) mass is 460 g/mol. The zero-order valence-electron chi connectivity index (χ0n) is 16.8. The first-order chi connectivity index (χ1) is 13.8. The van der Waals surface area contributed by atoms with Crippen molar-refractivity contribution in [1.29, 1.82) is 0 Å². The van der Waals surface area contributed by atoms with E-state index in [1.165, 1.54) is 0 Å². The van der Waals surface area contributed by atoms with E-state index in [-0.39, 0.29) is 6.04 Å². The molecule has 29 heavy (non-hydrogen) atoms. The Morgan fingerprint density at radius 3 is 2.62 bits per heavy atom. The van der Waals surface area contributed by atoms with Gasteiger partial charge in [0.05, 0.1) is 12.4 Å². The van der Waals surface area contributed by atoms with Crippen molar-refractivity contribution in [3.05, 3.63) is 46.8 Å².